The second kappa shape index (κ2) is 6.58. The molecule has 6 rings (SSSR count). The van der Waals surface area contributed by atoms with Crippen molar-refractivity contribution in [2.24, 2.45) is 46.3 Å². The summed E-state index contributed by atoms with van der Waals surface area (Å²) in [5, 5.41) is 14.1. The molecule has 5 fully saturated rings. The van der Waals surface area contributed by atoms with Gasteiger partial charge in [-0.15, -0.1) is 0 Å². The predicted octanol–water partition coefficient (Wildman–Crippen LogP) is 5.29. The molecule has 2 N–H and O–H groups in total. The Hall–Kier alpha value is -0.380. The zero-order valence-corrected chi connectivity index (χ0v) is 19.6. The minimum atomic E-state index is -0.100. The van der Waals surface area contributed by atoms with E-state index in [1.54, 1.807) is 5.57 Å². The molecular formula is C27H43NO2. The molecule has 2 aliphatic heterocycles. The van der Waals surface area contributed by atoms with E-state index in [2.05, 4.69) is 39.1 Å². The first-order valence-corrected chi connectivity index (χ1v) is 13.1. The normalized spacial score (nSPS) is 59.8. The first-order chi connectivity index (χ1) is 14.3. The van der Waals surface area contributed by atoms with E-state index in [1.807, 2.05) is 0 Å². The number of piperidine rings is 1. The van der Waals surface area contributed by atoms with Crippen LogP contribution in [0.15, 0.2) is 11.6 Å². The number of rotatable bonds is 0. The summed E-state index contributed by atoms with van der Waals surface area (Å²) in [4.78, 5) is 0. The van der Waals surface area contributed by atoms with Gasteiger partial charge in [0.15, 0.2) is 0 Å². The van der Waals surface area contributed by atoms with Crippen molar-refractivity contribution in [3.8, 4) is 0 Å². The maximum atomic E-state index is 10.3. The van der Waals surface area contributed by atoms with Gasteiger partial charge in [-0.05, 0) is 98.2 Å². The van der Waals surface area contributed by atoms with Crippen LogP contribution in [0.2, 0.25) is 0 Å². The highest BCUT2D eigenvalue weighted by Crippen LogP contribution is 2.70. The van der Waals surface area contributed by atoms with Crippen LogP contribution in [0.4, 0.5) is 0 Å². The number of aliphatic hydroxyl groups excluding tert-OH is 1. The highest BCUT2D eigenvalue weighted by molar-refractivity contribution is 5.26. The van der Waals surface area contributed by atoms with Crippen molar-refractivity contribution in [2.45, 2.75) is 103 Å². The summed E-state index contributed by atoms with van der Waals surface area (Å²) in [6, 6.07) is 0. The number of fused-ring (bicyclic) bond motifs is 7. The van der Waals surface area contributed by atoms with Gasteiger partial charge in [0, 0.05) is 12.5 Å². The van der Waals surface area contributed by atoms with Crippen LogP contribution >= 0.6 is 0 Å². The smallest absolute Gasteiger partial charge is 0.122 e. The summed E-state index contributed by atoms with van der Waals surface area (Å²) >= 11 is 0. The van der Waals surface area contributed by atoms with Gasteiger partial charge in [0.05, 0.1) is 12.2 Å². The molecule has 168 valence electrons. The summed E-state index contributed by atoms with van der Waals surface area (Å²) in [7, 11) is 0. The average molecular weight is 414 g/mol. The molecule has 3 nitrogen and oxygen atoms in total. The minimum Gasteiger partial charge on any atom is -0.393 e. The van der Waals surface area contributed by atoms with Crippen molar-refractivity contribution in [2.75, 3.05) is 6.54 Å². The Balaban J connectivity index is 1.28. The quantitative estimate of drug-likeness (QED) is 0.530. The summed E-state index contributed by atoms with van der Waals surface area (Å²) in [6.45, 7) is 11.2. The molecular weight excluding hydrogens is 370 g/mol. The summed E-state index contributed by atoms with van der Waals surface area (Å²) in [5.41, 5.74) is 2.33. The number of aliphatic hydroxyl groups is 1. The molecule has 30 heavy (non-hydrogen) atoms. The van der Waals surface area contributed by atoms with Gasteiger partial charge in [-0.3, -0.25) is 5.32 Å². The van der Waals surface area contributed by atoms with Crippen LogP contribution in [0, 0.1) is 46.3 Å². The van der Waals surface area contributed by atoms with Crippen LogP contribution in [0.3, 0.4) is 0 Å². The van der Waals surface area contributed by atoms with Gasteiger partial charge >= 0.3 is 0 Å². The number of hydrogen-bond acceptors (Lipinski definition) is 3. The minimum absolute atomic E-state index is 0.0439. The molecule has 3 saturated carbocycles. The van der Waals surface area contributed by atoms with Gasteiger partial charge in [0.25, 0.3) is 0 Å². The second-order valence-electron chi connectivity index (χ2n) is 12.8. The second-order valence-corrected chi connectivity index (χ2v) is 12.8. The Kier molecular flexibility index (Phi) is 4.44. The molecule has 4 aliphatic carbocycles. The third kappa shape index (κ3) is 2.55. The molecule has 0 aromatic rings. The van der Waals surface area contributed by atoms with Crippen molar-refractivity contribution in [1.29, 1.82) is 0 Å². The van der Waals surface area contributed by atoms with Crippen molar-refractivity contribution in [3.05, 3.63) is 11.6 Å². The molecule has 2 heterocycles. The maximum absolute atomic E-state index is 10.3. The van der Waals surface area contributed by atoms with E-state index >= 15 is 0 Å². The van der Waals surface area contributed by atoms with Crippen LogP contribution in [0.5, 0.6) is 0 Å². The SMILES string of the molecule is C[C@@H]1CC[C@@]2(NC1)O[C@H]1C[C@H]3[C@@H]4CC=C5C[C@@H](O)CC[C@]5(C)C4CC[C@]3(C)[C@H]1[C@@H]2C. The lowest BCUT2D eigenvalue weighted by molar-refractivity contribution is -0.115. The van der Waals surface area contributed by atoms with Crippen LogP contribution in [-0.4, -0.2) is 29.6 Å². The van der Waals surface area contributed by atoms with Crippen LogP contribution < -0.4 is 5.32 Å². The fourth-order valence-electron chi connectivity index (χ4n) is 9.84. The van der Waals surface area contributed by atoms with E-state index in [1.165, 1.54) is 44.9 Å². The molecule has 0 amide bonds. The number of allylic oxidation sites excluding steroid dienone is 1. The molecule has 0 radical (unpaired) electrons. The lowest BCUT2D eigenvalue weighted by Crippen LogP contribution is -2.57. The fraction of sp³-hybridized carbons (Fsp3) is 0.926. The maximum Gasteiger partial charge on any atom is 0.122 e. The van der Waals surface area contributed by atoms with Crippen molar-refractivity contribution in [3.63, 3.8) is 0 Å². The Bertz CT molecular complexity index is 739. The zero-order valence-electron chi connectivity index (χ0n) is 19.6. The highest BCUT2D eigenvalue weighted by Gasteiger charge is 2.68. The van der Waals surface area contributed by atoms with Crippen molar-refractivity contribution in [1.82, 2.24) is 5.32 Å². The van der Waals surface area contributed by atoms with Crippen LogP contribution in [0.25, 0.3) is 0 Å². The molecule has 6 aliphatic rings. The predicted molar refractivity (Wildman–Crippen MR) is 120 cm³/mol. The van der Waals surface area contributed by atoms with Crippen LogP contribution in [0.1, 0.15) is 85.5 Å². The average Bonchev–Trinajstić information content (AvgIpc) is 3.16. The number of hydrogen-bond donors (Lipinski definition) is 2. The van der Waals surface area contributed by atoms with Gasteiger partial charge in [-0.1, -0.05) is 39.3 Å². The third-order valence-corrected chi connectivity index (χ3v) is 11.6. The number of nitrogens with one attached hydrogen (secondary N) is 1. The zero-order chi connectivity index (χ0) is 20.9. The van der Waals surface area contributed by atoms with E-state index < -0.39 is 0 Å². The van der Waals surface area contributed by atoms with Gasteiger partial charge in [-0.2, -0.15) is 0 Å². The van der Waals surface area contributed by atoms with E-state index in [-0.39, 0.29) is 11.8 Å². The molecule has 0 bridgehead atoms. The molecule has 2 saturated heterocycles. The van der Waals surface area contributed by atoms with Gasteiger partial charge in [-0.25, -0.2) is 0 Å². The van der Waals surface area contributed by atoms with E-state index in [0.29, 0.717) is 22.9 Å². The van der Waals surface area contributed by atoms with Crippen molar-refractivity contribution < 1.29 is 9.84 Å². The topological polar surface area (TPSA) is 41.5 Å². The van der Waals surface area contributed by atoms with Gasteiger partial charge < -0.3 is 9.84 Å². The third-order valence-electron chi connectivity index (χ3n) is 11.6. The summed E-state index contributed by atoms with van der Waals surface area (Å²) < 4.78 is 7.00. The first kappa shape index (κ1) is 20.2. The molecule has 3 heteroatoms. The molecule has 1 unspecified atom stereocenters. The lowest BCUT2D eigenvalue weighted by atomic mass is 9.47. The van der Waals surface area contributed by atoms with E-state index in [4.69, 9.17) is 4.74 Å². The Morgan fingerprint density at radius 1 is 1.07 bits per heavy atom. The van der Waals surface area contributed by atoms with Crippen molar-refractivity contribution >= 4 is 0 Å². The largest absolute Gasteiger partial charge is 0.393 e. The molecule has 0 aromatic carbocycles. The van der Waals surface area contributed by atoms with Gasteiger partial charge in [0.2, 0.25) is 0 Å². The fourth-order valence-corrected chi connectivity index (χ4v) is 9.84. The monoisotopic (exact) mass is 413 g/mol. The highest BCUT2D eigenvalue weighted by atomic mass is 16.5. The Morgan fingerprint density at radius 2 is 1.90 bits per heavy atom. The van der Waals surface area contributed by atoms with E-state index in [0.717, 1.165) is 49.0 Å². The first-order valence-electron chi connectivity index (χ1n) is 13.1. The lowest BCUT2D eigenvalue weighted by Gasteiger charge is -2.58. The molecule has 0 aromatic heterocycles. The van der Waals surface area contributed by atoms with Gasteiger partial charge in [0.1, 0.15) is 5.72 Å². The molecule has 11 atom stereocenters. The standard InChI is InChI=1S/C27H43NO2/c1-16-7-12-27(28-15-16)17(2)24-23(30-27)14-22-20-6-5-18-13-19(29)8-10-25(18,3)21(20)9-11-26(22,24)4/h5,16-17,19-24,28-29H,6-15H2,1-4H3/t16-,17+,19+,20-,21?,22+,23+,24+,25+,26+,27-/m1/s1. The molecule has 1 spiro atoms. The number of ether oxygens (including phenoxy) is 1. The Morgan fingerprint density at radius 3 is 2.67 bits per heavy atom. The van der Waals surface area contributed by atoms with E-state index in [9.17, 15) is 5.11 Å². The Labute approximate surface area is 183 Å². The summed E-state index contributed by atoms with van der Waals surface area (Å²) in [6.07, 6.45) is 13.8. The summed E-state index contributed by atoms with van der Waals surface area (Å²) in [5.74, 6) is 4.58. The van der Waals surface area contributed by atoms with Crippen LogP contribution in [-0.2, 0) is 4.74 Å².